The van der Waals surface area contributed by atoms with Crippen molar-refractivity contribution in [3.8, 4) is 0 Å². The molecule has 4 rings (SSSR count). The highest BCUT2D eigenvalue weighted by atomic mass is 16.7. The number of Topliss-reactive ketones (excluding diaryl/α,β-unsaturated/α-hetero) is 1. The molecule has 0 spiro atoms. The maximum atomic E-state index is 14.2. The van der Waals surface area contributed by atoms with E-state index in [2.05, 4.69) is 27.7 Å². The van der Waals surface area contributed by atoms with E-state index < -0.39 is 6.16 Å². The maximum absolute atomic E-state index is 14.2. The van der Waals surface area contributed by atoms with Gasteiger partial charge in [0.25, 0.3) is 0 Å². The summed E-state index contributed by atoms with van der Waals surface area (Å²) in [6.45, 7) is 11.5. The molecule has 0 heterocycles. The molecule has 4 saturated carbocycles. The molecule has 0 saturated heterocycles. The third kappa shape index (κ3) is 4.60. The number of carbonyl (C=O) groups is 3. The minimum absolute atomic E-state index is 0.0444. The zero-order valence-electron chi connectivity index (χ0n) is 23.3. The number of carbonyl (C=O) groups excluding carboxylic acids is 3. The molecule has 0 aromatic carbocycles. The molecule has 0 aromatic heterocycles. The molecule has 6 nitrogen and oxygen atoms in total. The first-order valence-electron chi connectivity index (χ1n) is 14.5. The summed E-state index contributed by atoms with van der Waals surface area (Å²) < 4.78 is 15.6. The van der Waals surface area contributed by atoms with Crippen LogP contribution in [0.3, 0.4) is 0 Å². The van der Waals surface area contributed by atoms with Gasteiger partial charge in [-0.05, 0) is 105 Å². The molecule has 0 aliphatic heterocycles. The Morgan fingerprint density at radius 1 is 1.00 bits per heavy atom. The molecule has 204 valence electrons. The Morgan fingerprint density at radius 3 is 2.36 bits per heavy atom. The van der Waals surface area contributed by atoms with Gasteiger partial charge in [-0.1, -0.05) is 27.7 Å². The van der Waals surface area contributed by atoms with Crippen molar-refractivity contribution in [3.05, 3.63) is 0 Å². The Labute approximate surface area is 217 Å². The molecule has 4 fully saturated rings. The Hall–Kier alpha value is -1.59. The van der Waals surface area contributed by atoms with Crippen LogP contribution in [0.2, 0.25) is 0 Å². The van der Waals surface area contributed by atoms with E-state index in [1.54, 1.807) is 6.92 Å². The van der Waals surface area contributed by atoms with Crippen molar-refractivity contribution in [2.45, 2.75) is 105 Å². The molecule has 0 aromatic rings. The van der Waals surface area contributed by atoms with Gasteiger partial charge in [-0.2, -0.15) is 0 Å². The standard InChI is InChI=1S/C30H48O6/c1-7-20-24-17-19(36-28(33)35-8-2)13-15-30(24,5)23-14-16-29(4)21(18(3)9-12-25(31)34-6)10-11-22(29)26(23)27(20)32/h18-24,26H,7-17H2,1-6H3/t18-,19-,20?,21?,22?,23?,24+,26?,29?,30-/m1/s1. The zero-order chi connectivity index (χ0) is 26.3. The molecule has 10 atom stereocenters. The highest BCUT2D eigenvalue weighted by molar-refractivity contribution is 5.86. The Kier molecular flexibility index (Phi) is 8.12. The SMILES string of the molecule is CCOC(=O)O[C@@H]1CC[C@]2(C)C3CCC4(C)C(CCC4[C@H](C)CCC(=O)OC)C3C(=O)C(CC)[C@@H]2C1. The second-order valence-corrected chi connectivity index (χ2v) is 12.8. The Balaban J connectivity index is 1.54. The average Bonchev–Trinajstić information content (AvgIpc) is 3.20. The van der Waals surface area contributed by atoms with E-state index in [1.165, 1.54) is 13.5 Å². The summed E-state index contributed by atoms with van der Waals surface area (Å²) in [7, 11) is 1.46. The number of hydrogen-bond acceptors (Lipinski definition) is 6. The van der Waals surface area contributed by atoms with Crippen molar-refractivity contribution in [2.75, 3.05) is 13.7 Å². The van der Waals surface area contributed by atoms with Crippen LogP contribution >= 0.6 is 0 Å². The average molecular weight is 505 g/mol. The van der Waals surface area contributed by atoms with E-state index in [0.29, 0.717) is 42.5 Å². The van der Waals surface area contributed by atoms with Crippen molar-refractivity contribution >= 4 is 17.9 Å². The maximum Gasteiger partial charge on any atom is 0.508 e. The van der Waals surface area contributed by atoms with Crippen LogP contribution in [0.1, 0.15) is 98.8 Å². The van der Waals surface area contributed by atoms with Gasteiger partial charge >= 0.3 is 12.1 Å². The van der Waals surface area contributed by atoms with Crippen molar-refractivity contribution < 1.29 is 28.6 Å². The smallest absolute Gasteiger partial charge is 0.469 e. The van der Waals surface area contributed by atoms with Gasteiger partial charge in [0.05, 0.1) is 13.7 Å². The normalized spacial score (nSPS) is 42.5. The van der Waals surface area contributed by atoms with Gasteiger partial charge in [0, 0.05) is 18.3 Å². The molecule has 0 bridgehead atoms. The number of fused-ring (bicyclic) bond motifs is 5. The fourth-order valence-electron chi connectivity index (χ4n) is 9.64. The van der Waals surface area contributed by atoms with E-state index in [9.17, 15) is 14.4 Å². The predicted molar refractivity (Wildman–Crippen MR) is 137 cm³/mol. The lowest BCUT2D eigenvalue weighted by Crippen LogP contribution is -2.60. The summed E-state index contributed by atoms with van der Waals surface area (Å²) in [5.74, 6) is 2.69. The van der Waals surface area contributed by atoms with Crippen LogP contribution in [0, 0.1) is 52.3 Å². The van der Waals surface area contributed by atoms with Crippen LogP contribution in [0.4, 0.5) is 4.79 Å². The van der Waals surface area contributed by atoms with Crippen LogP contribution in [-0.4, -0.2) is 37.7 Å². The van der Waals surface area contributed by atoms with Crippen molar-refractivity contribution in [2.24, 2.45) is 52.3 Å². The fourth-order valence-corrected chi connectivity index (χ4v) is 9.64. The molecule has 6 heteroatoms. The van der Waals surface area contributed by atoms with Crippen LogP contribution in [0.25, 0.3) is 0 Å². The highest BCUT2D eigenvalue weighted by Crippen LogP contribution is 2.68. The van der Waals surface area contributed by atoms with Gasteiger partial charge in [-0.15, -0.1) is 0 Å². The lowest BCUT2D eigenvalue weighted by Gasteiger charge is -2.62. The first-order valence-corrected chi connectivity index (χ1v) is 14.5. The first-order chi connectivity index (χ1) is 17.1. The molecule has 36 heavy (non-hydrogen) atoms. The van der Waals surface area contributed by atoms with E-state index >= 15 is 0 Å². The van der Waals surface area contributed by atoms with Crippen LogP contribution < -0.4 is 0 Å². The summed E-state index contributed by atoms with van der Waals surface area (Å²) >= 11 is 0. The van der Waals surface area contributed by atoms with Gasteiger partial charge in [0.15, 0.2) is 0 Å². The lowest BCUT2D eigenvalue weighted by molar-refractivity contribution is -0.174. The number of hydrogen-bond donors (Lipinski definition) is 0. The molecule has 4 aliphatic rings. The largest absolute Gasteiger partial charge is 0.508 e. The number of ketones is 1. The third-order valence-corrected chi connectivity index (χ3v) is 11.4. The molecule has 6 unspecified atom stereocenters. The van der Waals surface area contributed by atoms with Crippen LogP contribution in [-0.2, 0) is 23.8 Å². The predicted octanol–water partition coefficient (Wildman–Crippen LogP) is 6.59. The molecule has 0 amide bonds. The topological polar surface area (TPSA) is 78.9 Å². The molecular formula is C30H48O6. The molecule has 0 radical (unpaired) electrons. The summed E-state index contributed by atoms with van der Waals surface area (Å²) in [4.78, 5) is 38.0. The summed E-state index contributed by atoms with van der Waals surface area (Å²) in [6, 6.07) is 0. The lowest BCUT2D eigenvalue weighted by atomic mass is 9.42. The highest BCUT2D eigenvalue weighted by Gasteiger charge is 2.65. The van der Waals surface area contributed by atoms with E-state index in [0.717, 1.165) is 51.4 Å². The van der Waals surface area contributed by atoms with E-state index in [-0.39, 0.29) is 40.7 Å². The van der Waals surface area contributed by atoms with E-state index in [1.807, 2.05) is 0 Å². The number of rotatable bonds is 7. The van der Waals surface area contributed by atoms with Gasteiger partial charge in [0.1, 0.15) is 11.9 Å². The van der Waals surface area contributed by atoms with Gasteiger partial charge in [-0.3, -0.25) is 9.59 Å². The molecular weight excluding hydrogens is 456 g/mol. The minimum Gasteiger partial charge on any atom is -0.469 e. The van der Waals surface area contributed by atoms with Crippen LogP contribution in [0.5, 0.6) is 0 Å². The third-order valence-electron chi connectivity index (χ3n) is 11.4. The van der Waals surface area contributed by atoms with Gasteiger partial charge in [-0.25, -0.2) is 4.79 Å². The Bertz CT molecular complexity index is 839. The quantitative estimate of drug-likeness (QED) is 0.364. The van der Waals surface area contributed by atoms with E-state index in [4.69, 9.17) is 14.2 Å². The first kappa shape index (κ1) is 27.4. The molecule has 4 aliphatic carbocycles. The summed E-state index contributed by atoms with van der Waals surface area (Å²) in [5.41, 5.74) is 0.280. The number of methoxy groups -OCH3 is 1. The van der Waals surface area contributed by atoms with Crippen molar-refractivity contribution in [1.82, 2.24) is 0 Å². The zero-order valence-corrected chi connectivity index (χ0v) is 23.3. The number of esters is 1. The number of ether oxygens (including phenoxy) is 3. The monoisotopic (exact) mass is 504 g/mol. The fraction of sp³-hybridized carbons (Fsp3) is 0.900. The second-order valence-electron chi connectivity index (χ2n) is 12.8. The minimum atomic E-state index is -0.578. The second kappa shape index (κ2) is 10.6. The van der Waals surface area contributed by atoms with Crippen molar-refractivity contribution in [3.63, 3.8) is 0 Å². The van der Waals surface area contributed by atoms with Crippen LogP contribution in [0.15, 0.2) is 0 Å². The molecule has 0 N–H and O–H groups in total. The summed E-state index contributed by atoms with van der Waals surface area (Å²) in [6.07, 6.45) is 8.67. The van der Waals surface area contributed by atoms with Crippen molar-refractivity contribution in [1.29, 1.82) is 0 Å². The van der Waals surface area contributed by atoms with Gasteiger partial charge in [0.2, 0.25) is 0 Å². The Morgan fingerprint density at radius 2 is 1.69 bits per heavy atom. The summed E-state index contributed by atoms with van der Waals surface area (Å²) in [5, 5.41) is 0. The van der Waals surface area contributed by atoms with Gasteiger partial charge < -0.3 is 14.2 Å².